The standard InChI is InChI=1S/C17H18F3NO2S/c1-12(2)16(13-8-4-3-5-9-13)21-24(22,23)15-11-7-6-10-14(15)17(18,19)20/h3-12,16,21H,1-2H3. The number of halogens is 3. The van der Waals surface area contributed by atoms with E-state index in [2.05, 4.69) is 4.72 Å². The van der Waals surface area contributed by atoms with Crippen molar-refractivity contribution in [3.05, 3.63) is 65.7 Å². The lowest BCUT2D eigenvalue weighted by Crippen LogP contribution is -2.33. The molecule has 0 radical (unpaired) electrons. The third kappa shape index (κ3) is 4.15. The van der Waals surface area contributed by atoms with E-state index < -0.39 is 32.7 Å². The highest BCUT2D eigenvalue weighted by Crippen LogP contribution is 2.35. The minimum absolute atomic E-state index is 0.139. The van der Waals surface area contributed by atoms with Crippen LogP contribution in [0.2, 0.25) is 0 Å². The number of sulfonamides is 1. The second-order valence-corrected chi connectivity index (χ2v) is 7.43. The van der Waals surface area contributed by atoms with E-state index in [1.54, 1.807) is 44.2 Å². The van der Waals surface area contributed by atoms with Crippen molar-refractivity contribution in [2.75, 3.05) is 0 Å². The third-order valence-electron chi connectivity index (χ3n) is 3.59. The van der Waals surface area contributed by atoms with Gasteiger partial charge in [0, 0.05) is 6.04 Å². The lowest BCUT2D eigenvalue weighted by atomic mass is 9.97. The van der Waals surface area contributed by atoms with Crippen molar-refractivity contribution >= 4 is 10.0 Å². The number of rotatable bonds is 5. The number of nitrogens with one attached hydrogen (secondary N) is 1. The maximum absolute atomic E-state index is 13.1. The Morgan fingerprint density at radius 2 is 1.46 bits per heavy atom. The van der Waals surface area contributed by atoms with Crippen LogP contribution in [0.5, 0.6) is 0 Å². The van der Waals surface area contributed by atoms with Gasteiger partial charge < -0.3 is 0 Å². The summed E-state index contributed by atoms with van der Waals surface area (Å²) in [6, 6.07) is 12.3. The predicted molar refractivity (Wildman–Crippen MR) is 85.8 cm³/mol. The maximum atomic E-state index is 13.1. The van der Waals surface area contributed by atoms with Gasteiger partial charge in [0.2, 0.25) is 10.0 Å². The van der Waals surface area contributed by atoms with E-state index in [-0.39, 0.29) is 5.92 Å². The van der Waals surface area contributed by atoms with Gasteiger partial charge in [-0.25, -0.2) is 13.1 Å². The van der Waals surface area contributed by atoms with Crippen LogP contribution >= 0.6 is 0 Å². The van der Waals surface area contributed by atoms with Gasteiger partial charge in [-0.05, 0) is 23.6 Å². The lowest BCUT2D eigenvalue weighted by molar-refractivity contribution is -0.139. The van der Waals surface area contributed by atoms with Crippen LogP contribution in [0.25, 0.3) is 0 Å². The molecule has 0 saturated heterocycles. The molecule has 24 heavy (non-hydrogen) atoms. The number of hydrogen-bond donors (Lipinski definition) is 1. The smallest absolute Gasteiger partial charge is 0.207 e. The van der Waals surface area contributed by atoms with Crippen LogP contribution in [0.15, 0.2) is 59.5 Å². The minimum Gasteiger partial charge on any atom is -0.207 e. The van der Waals surface area contributed by atoms with Gasteiger partial charge >= 0.3 is 6.18 Å². The molecule has 0 heterocycles. The zero-order valence-corrected chi connectivity index (χ0v) is 14.0. The van der Waals surface area contributed by atoms with E-state index in [1.807, 2.05) is 0 Å². The molecule has 1 N–H and O–H groups in total. The number of benzene rings is 2. The summed E-state index contributed by atoms with van der Waals surface area (Å²) in [6.45, 7) is 3.60. The molecule has 0 aromatic heterocycles. The summed E-state index contributed by atoms with van der Waals surface area (Å²) in [5.74, 6) is -0.139. The second kappa shape index (κ2) is 6.94. The van der Waals surface area contributed by atoms with Crippen molar-refractivity contribution in [3.63, 3.8) is 0 Å². The molecule has 2 aromatic rings. The third-order valence-corrected chi connectivity index (χ3v) is 5.09. The Hall–Kier alpha value is -1.86. The molecule has 0 fully saturated rings. The molecule has 2 aromatic carbocycles. The summed E-state index contributed by atoms with van der Waals surface area (Å²) in [5, 5.41) is 0. The molecular formula is C17H18F3NO2S. The first kappa shape index (κ1) is 18.5. The molecule has 2 rings (SSSR count). The van der Waals surface area contributed by atoms with E-state index in [1.165, 1.54) is 12.1 Å². The maximum Gasteiger partial charge on any atom is 0.417 e. The fourth-order valence-corrected chi connectivity index (χ4v) is 4.02. The van der Waals surface area contributed by atoms with Crippen LogP contribution in [0.1, 0.15) is 31.0 Å². The largest absolute Gasteiger partial charge is 0.417 e. The average molecular weight is 357 g/mol. The van der Waals surface area contributed by atoms with Gasteiger partial charge in [0.15, 0.2) is 0 Å². The molecule has 1 unspecified atom stereocenters. The highest BCUT2D eigenvalue weighted by molar-refractivity contribution is 7.89. The monoisotopic (exact) mass is 357 g/mol. The number of alkyl halides is 3. The molecule has 0 saturated carbocycles. The van der Waals surface area contributed by atoms with Crippen LogP contribution < -0.4 is 4.72 Å². The Morgan fingerprint density at radius 1 is 0.917 bits per heavy atom. The van der Waals surface area contributed by atoms with Crippen LogP contribution in [0.4, 0.5) is 13.2 Å². The van der Waals surface area contributed by atoms with Crippen molar-refractivity contribution in [2.45, 2.75) is 31.0 Å². The van der Waals surface area contributed by atoms with Crippen molar-refractivity contribution in [1.82, 2.24) is 4.72 Å². The summed E-state index contributed by atoms with van der Waals surface area (Å²) >= 11 is 0. The zero-order chi connectivity index (χ0) is 18.0. The van der Waals surface area contributed by atoms with Crippen molar-refractivity contribution in [2.24, 2.45) is 5.92 Å². The Bertz CT molecular complexity index is 787. The zero-order valence-electron chi connectivity index (χ0n) is 13.2. The Balaban J connectivity index is 2.45. The topological polar surface area (TPSA) is 46.2 Å². The molecule has 1 atom stereocenters. The molecule has 0 amide bonds. The molecule has 130 valence electrons. The van der Waals surface area contributed by atoms with Gasteiger partial charge in [-0.2, -0.15) is 13.2 Å². The Kier molecular flexibility index (Phi) is 5.35. The molecule has 0 bridgehead atoms. The van der Waals surface area contributed by atoms with Crippen LogP contribution in [-0.4, -0.2) is 8.42 Å². The Labute approximate surface area is 139 Å². The molecule has 0 aliphatic carbocycles. The van der Waals surface area contributed by atoms with Crippen LogP contribution in [0, 0.1) is 5.92 Å². The summed E-state index contributed by atoms with van der Waals surface area (Å²) in [6.07, 6.45) is -4.74. The molecule has 0 aliphatic heterocycles. The van der Waals surface area contributed by atoms with Crippen LogP contribution in [0.3, 0.4) is 0 Å². The SMILES string of the molecule is CC(C)C(NS(=O)(=O)c1ccccc1C(F)(F)F)c1ccccc1. The minimum atomic E-state index is -4.74. The highest BCUT2D eigenvalue weighted by Gasteiger charge is 2.37. The van der Waals surface area contributed by atoms with Crippen molar-refractivity contribution < 1.29 is 21.6 Å². The fourth-order valence-electron chi connectivity index (χ4n) is 2.42. The van der Waals surface area contributed by atoms with Gasteiger partial charge in [-0.1, -0.05) is 56.3 Å². The first-order chi connectivity index (χ1) is 11.1. The van der Waals surface area contributed by atoms with Gasteiger partial charge in [-0.15, -0.1) is 0 Å². The fraction of sp³-hybridized carbons (Fsp3) is 0.294. The van der Waals surface area contributed by atoms with Gasteiger partial charge in [-0.3, -0.25) is 0 Å². The van der Waals surface area contributed by atoms with Crippen LogP contribution in [-0.2, 0) is 16.2 Å². The normalized spacial score (nSPS) is 13.9. The Morgan fingerprint density at radius 3 is 2.00 bits per heavy atom. The molecule has 0 spiro atoms. The van der Waals surface area contributed by atoms with E-state index in [0.717, 1.165) is 12.1 Å². The summed E-state index contributed by atoms with van der Waals surface area (Å²) in [5.41, 5.74) is -0.478. The highest BCUT2D eigenvalue weighted by atomic mass is 32.2. The average Bonchev–Trinajstić information content (AvgIpc) is 2.52. The summed E-state index contributed by atoms with van der Waals surface area (Å²) < 4.78 is 66.9. The lowest BCUT2D eigenvalue weighted by Gasteiger charge is -2.23. The molecular weight excluding hydrogens is 339 g/mol. The summed E-state index contributed by atoms with van der Waals surface area (Å²) in [7, 11) is -4.34. The van der Waals surface area contributed by atoms with Gasteiger partial charge in [0.05, 0.1) is 10.5 Å². The quantitative estimate of drug-likeness (QED) is 0.863. The predicted octanol–water partition coefficient (Wildman–Crippen LogP) is 4.38. The van der Waals surface area contributed by atoms with Crippen molar-refractivity contribution in [1.29, 1.82) is 0 Å². The van der Waals surface area contributed by atoms with Gasteiger partial charge in [0.25, 0.3) is 0 Å². The number of hydrogen-bond acceptors (Lipinski definition) is 2. The molecule has 0 aliphatic rings. The van der Waals surface area contributed by atoms with Gasteiger partial charge in [0.1, 0.15) is 0 Å². The van der Waals surface area contributed by atoms with E-state index in [4.69, 9.17) is 0 Å². The molecule has 3 nitrogen and oxygen atoms in total. The van der Waals surface area contributed by atoms with Crippen molar-refractivity contribution in [3.8, 4) is 0 Å². The van der Waals surface area contributed by atoms with E-state index in [9.17, 15) is 21.6 Å². The van der Waals surface area contributed by atoms with E-state index >= 15 is 0 Å². The summed E-state index contributed by atoms with van der Waals surface area (Å²) in [4.78, 5) is -0.765. The first-order valence-electron chi connectivity index (χ1n) is 7.36. The second-order valence-electron chi connectivity index (χ2n) is 5.75. The first-order valence-corrected chi connectivity index (χ1v) is 8.85. The molecule has 7 heteroatoms. The van der Waals surface area contributed by atoms with E-state index in [0.29, 0.717) is 5.56 Å².